The first-order valence-corrected chi connectivity index (χ1v) is 9.80. The van der Waals surface area contributed by atoms with Crippen LogP contribution in [0.2, 0.25) is 5.02 Å². The number of imidazole rings is 1. The lowest BCUT2D eigenvalue weighted by Gasteiger charge is -2.22. The van der Waals surface area contributed by atoms with Crippen LogP contribution in [0.25, 0.3) is 5.69 Å². The summed E-state index contributed by atoms with van der Waals surface area (Å²) in [4.78, 5) is 29.4. The molecule has 1 atom stereocenters. The quantitative estimate of drug-likeness (QED) is 0.599. The number of aromatic nitrogens is 2. The molecule has 2 aromatic carbocycles. The maximum atomic E-state index is 12.8. The van der Waals surface area contributed by atoms with Crippen LogP contribution in [0, 0.1) is 5.92 Å². The zero-order valence-corrected chi connectivity index (χ0v) is 17.7. The summed E-state index contributed by atoms with van der Waals surface area (Å²) >= 11 is 6.36. The molecule has 1 unspecified atom stereocenters. The zero-order chi connectivity index (χ0) is 21.7. The summed E-state index contributed by atoms with van der Waals surface area (Å²) in [6, 6.07) is 11.2. The van der Waals surface area contributed by atoms with Gasteiger partial charge in [0, 0.05) is 23.6 Å². The number of amides is 2. The molecular weight excluding hydrogens is 404 g/mol. The second kappa shape index (κ2) is 9.45. The van der Waals surface area contributed by atoms with Crippen molar-refractivity contribution in [3.05, 3.63) is 71.8 Å². The number of rotatable bonds is 7. The van der Waals surface area contributed by atoms with Crippen LogP contribution in [0.5, 0.6) is 5.75 Å². The van der Waals surface area contributed by atoms with Crippen LogP contribution in [0.1, 0.15) is 24.2 Å². The number of hydrogen-bond acceptors (Lipinski definition) is 4. The number of carbonyl (C=O) groups excluding carboxylic acids is 2. The van der Waals surface area contributed by atoms with Gasteiger partial charge in [-0.3, -0.25) is 9.59 Å². The number of benzene rings is 2. The van der Waals surface area contributed by atoms with Gasteiger partial charge in [-0.25, -0.2) is 4.98 Å². The first kappa shape index (κ1) is 21.4. The number of hydrogen-bond donors (Lipinski definition) is 2. The second-order valence-corrected chi connectivity index (χ2v) is 7.46. The fourth-order valence-corrected chi connectivity index (χ4v) is 3.20. The molecule has 0 aliphatic heterocycles. The Balaban J connectivity index is 1.70. The molecular formula is C22H23ClN4O3. The lowest BCUT2D eigenvalue weighted by Crippen LogP contribution is -2.47. The van der Waals surface area contributed by atoms with Gasteiger partial charge in [-0.2, -0.15) is 0 Å². The first-order chi connectivity index (χ1) is 14.4. The Morgan fingerprint density at radius 2 is 1.87 bits per heavy atom. The molecule has 7 nitrogen and oxygen atoms in total. The largest absolute Gasteiger partial charge is 0.497 e. The van der Waals surface area contributed by atoms with Crippen LogP contribution >= 0.6 is 11.6 Å². The summed E-state index contributed by atoms with van der Waals surface area (Å²) in [7, 11) is 1.56. The van der Waals surface area contributed by atoms with Crippen molar-refractivity contribution in [2.24, 2.45) is 5.92 Å². The SMILES string of the molecule is COc1ccc(C(=O)NC(C(=O)Nc2ccc(-n3ccnc3)c(Cl)c2)C(C)C)cc1. The molecule has 0 fully saturated rings. The summed E-state index contributed by atoms with van der Waals surface area (Å²) in [6.45, 7) is 3.74. The van der Waals surface area contributed by atoms with Crippen molar-refractivity contribution in [1.29, 1.82) is 0 Å². The Hall–Kier alpha value is -3.32. The molecule has 0 saturated carbocycles. The molecule has 0 saturated heterocycles. The summed E-state index contributed by atoms with van der Waals surface area (Å²) < 4.78 is 6.88. The van der Waals surface area contributed by atoms with E-state index in [1.165, 1.54) is 0 Å². The number of nitrogens with one attached hydrogen (secondary N) is 2. The molecule has 0 radical (unpaired) electrons. The van der Waals surface area contributed by atoms with E-state index in [9.17, 15) is 9.59 Å². The third kappa shape index (κ3) is 4.99. The number of anilines is 1. The van der Waals surface area contributed by atoms with Crippen LogP contribution < -0.4 is 15.4 Å². The van der Waals surface area contributed by atoms with Gasteiger partial charge in [0.1, 0.15) is 11.8 Å². The third-order valence-corrected chi connectivity index (χ3v) is 4.89. The molecule has 0 aliphatic carbocycles. The van der Waals surface area contributed by atoms with Crippen LogP contribution in [0.3, 0.4) is 0 Å². The van der Waals surface area contributed by atoms with Gasteiger partial charge < -0.3 is 19.9 Å². The molecule has 3 rings (SSSR count). The number of carbonyl (C=O) groups is 2. The predicted octanol–water partition coefficient (Wildman–Crippen LogP) is 3.93. The van der Waals surface area contributed by atoms with E-state index in [2.05, 4.69) is 15.6 Å². The topological polar surface area (TPSA) is 85.2 Å². The Labute approximate surface area is 180 Å². The lowest BCUT2D eigenvalue weighted by atomic mass is 10.0. The second-order valence-electron chi connectivity index (χ2n) is 7.05. The molecule has 3 aromatic rings. The van der Waals surface area contributed by atoms with E-state index in [4.69, 9.17) is 16.3 Å². The van der Waals surface area contributed by atoms with Crippen LogP contribution in [-0.2, 0) is 4.79 Å². The molecule has 8 heteroatoms. The molecule has 1 aromatic heterocycles. The predicted molar refractivity (Wildman–Crippen MR) is 116 cm³/mol. The van der Waals surface area contributed by atoms with Crippen molar-refractivity contribution in [2.45, 2.75) is 19.9 Å². The number of methoxy groups -OCH3 is 1. The van der Waals surface area contributed by atoms with Crippen molar-refractivity contribution in [2.75, 3.05) is 12.4 Å². The highest BCUT2D eigenvalue weighted by atomic mass is 35.5. The average molecular weight is 427 g/mol. The van der Waals surface area contributed by atoms with Gasteiger partial charge in [0.25, 0.3) is 5.91 Å². The summed E-state index contributed by atoms with van der Waals surface area (Å²) in [5, 5.41) is 6.10. The Morgan fingerprint density at radius 1 is 1.13 bits per heavy atom. The van der Waals surface area contributed by atoms with Gasteiger partial charge in [0.05, 0.1) is 24.1 Å². The van der Waals surface area contributed by atoms with E-state index < -0.39 is 6.04 Å². The minimum atomic E-state index is -0.716. The van der Waals surface area contributed by atoms with Crippen LogP contribution in [0.4, 0.5) is 5.69 Å². The van der Waals surface area contributed by atoms with E-state index in [-0.39, 0.29) is 17.7 Å². The van der Waals surface area contributed by atoms with Crippen molar-refractivity contribution < 1.29 is 14.3 Å². The minimum absolute atomic E-state index is 0.118. The van der Waals surface area contributed by atoms with E-state index >= 15 is 0 Å². The first-order valence-electron chi connectivity index (χ1n) is 9.42. The number of nitrogens with zero attached hydrogens (tertiary/aromatic N) is 2. The summed E-state index contributed by atoms with van der Waals surface area (Å²) in [5.74, 6) is -0.119. The Kier molecular flexibility index (Phi) is 6.74. The molecule has 2 amide bonds. The van der Waals surface area contributed by atoms with Gasteiger partial charge in [0.15, 0.2) is 0 Å². The van der Waals surface area contributed by atoms with Crippen LogP contribution in [-0.4, -0.2) is 34.5 Å². The van der Waals surface area contributed by atoms with E-state index in [0.717, 1.165) is 5.69 Å². The maximum Gasteiger partial charge on any atom is 0.251 e. The van der Waals surface area contributed by atoms with Crippen molar-refractivity contribution in [1.82, 2.24) is 14.9 Å². The van der Waals surface area contributed by atoms with Gasteiger partial charge in [-0.15, -0.1) is 0 Å². The Bertz CT molecular complexity index is 1020. The van der Waals surface area contributed by atoms with Crippen molar-refractivity contribution in [3.63, 3.8) is 0 Å². The molecule has 2 N–H and O–H groups in total. The van der Waals surface area contributed by atoms with Gasteiger partial charge >= 0.3 is 0 Å². The normalized spacial score (nSPS) is 11.8. The Morgan fingerprint density at radius 3 is 2.43 bits per heavy atom. The van der Waals surface area contributed by atoms with E-state index in [0.29, 0.717) is 22.0 Å². The third-order valence-electron chi connectivity index (χ3n) is 4.59. The molecule has 0 aliphatic rings. The number of ether oxygens (including phenoxy) is 1. The van der Waals surface area contributed by atoms with Crippen molar-refractivity contribution in [3.8, 4) is 11.4 Å². The zero-order valence-electron chi connectivity index (χ0n) is 16.9. The van der Waals surface area contributed by atoms with Crippen LogP contribution in [0.15, 0.2) is 61.2 Å². The molecule has 156 valence electrons. The lowest BCUT2D eigenvalue weighted by molar-refractivity contribution is -0.118. The standard InChI is InChI=1S/C22H23ClN4O3/c1-14(2)20(26-21(28)15-4-7-17(30-3)8-5-15)22(29)25-16-6-9-19(18(23)12-16)27-11-10-24-13-27/h4-14,20H,1-3H3,(H,25,29)(H,26,28). The molecule has 0 bridgehead atoms. The highest BCUT2D eigenvalue weighted by Crippen LogP contribution is 2.24. The molecule has 1 heterocycles. The minimum Gasteiger partial charge on any atom is -0.497 e. The molecule has 0 spiro atoms. The average Bonchev–Trinajstić information content (AvgIpc) is 3.26. The fourth-order valence-electron chi connectivity index (χ4n) is 2.92. The van der Waals surface area contributed by atoms with Gasteiger partial charge in [-0.1, -0.05) is 25.4 Å². The van der Waals surface area contributed by atoms with Gasteiger partial charge in [0.2, 0.25) is 5.91 Å². The smallest absolute Gasteiger partial charge is 0.251 e. The highest BCUT2D eigenvalue weighted by Gasteiger charge is 2.25. The maximum absolute atomic E-state index is 12.8. The van der Waals surface area contributed by atoms with Gasteiger partial charge in [-0.05, 0) is 48.4 Å². The fraction of sp³-hybridized carbons (Fsp3) is 0.227. The highest BCUT2D eigenvalue weighted by molar-refractivity contribution is 6.32. The van der Waals surface area contributed by atoms with E-state index in [1.54, 1.807) is 72.9 Å². The summed E-state index contributed by atoms with van der Waals surface area (Å²) in [5.41, 5.74) is 1.74. The van der Waals surface area contributed by atoms with Crippen molar-refractivity contribution >= 4 is 29.1 Å². The summed E-state index contributed by atoms with van der Waals surface area (Å²) in [6.07, 6.45) is 5.08. The van der Waals surface area contributed by atoms with E-state index in [1.807, 2.05) is 13.8 Å². The molecule has 30 heavy (non-hydrogen) atoms. The monoisotopic (exact) mass is 426 g/mol. The number of halogens is 1.